The Labute approximate surface area is 69.2 Å². The Balaban J connectivity index is 3.17. The Morgan fingerprint density at radius 3 is 2.44 bits per heavy atom. The van der Waals surface area contributed by atoms with Crippen LogP contribution in [0.15, 0.2) is 21.2 Å². The van der Waals surface area contributed by atoms with Crippen molar-refractivity contribution in [2.45, 2.75) is 0 Å². The maximum absolute atomic E-state index is 8.78. The van der Waals surface area contributed by atoms with Gasteiger partial charge in [-0.1, -0.05) is 0 Å². The Morgan fingerprint density at radius 1 is 1.33 bits per heavy atom. The Hall–Kier alpha value is -0.0900. The van der Waals surface area contributed by atoms with Crippen LogP contribution in [0.1, 0.15) is 0 Å². The molecule has 1 N–H and O–H groups in total. The highest BCUT2D eigenvalue weighted by atomic mass is 79.9. The Morgan fingerprint density at radius 2 is 2.00 bits per heavy atom. The van der Waals surface area contributed by atoms with Crippen LogP contribution in [-0.2, 0) is 0 Å². The van der Waals surface area contributed by atoms with Crippen molar-refractivity contribution in [3.63, 3.8) is 0 Å². The molecule has 0 radical (unpaired) electrons. The highest BCUT2D eigenvalue weighted by Gasteiger charge is 1.96. The predicted molar refractivity (Wildman–Crippen MR) is 41.3 cm³/mol. The van der Waals surface area contributed by atoms with E-state index in [4.69, 9.17) is 5.11 Å². The van der Waals surface area contributed by atoms with Crippen molar-refractivity contribution in [1.82, 2.24) is 4.98 Å². The highest BCUT2D eigenvalue weighted by Crippen LogP contribution is 2.22. The molecular weight excluding hydrogens is 250 g/mol. The molecule has 0 atom stereocenters. The zero-order valence-electron chi connectivity index (χ0n) is 4.31. The van der Waals surface area contributed by atoms with Gasteiger partial charge in [-0.15, -0.1) is 0 Å². The molecule has 0 aromatic carbocycles. The van der Waals surface area contributed by atoms with Gasteiger partial charge >= 0.3 is 0 Å². The van der Waals surface area contributed by atoms with Gasteiger partial charge in [0, 0.05) is 6.07 Å². The molecule has 0 aliphatic heterocycles. The van der Waals surface area contributed by atoms with E-state index in [-0.39, 0.29) is 5.88 Å². The van der Waals surface area contributed by atoms with Gasteiger partial charge in [-0.05, 0) is 37.9 Å². The fraction of sp³-hybridized carbons (Fsp3) is 0. The van der Waals surface area contributed by atoms with E-state index in [1.807, 2.05) is 0 Å². The van der Waals surface area contributed by atoms with Crippen molar-refractivity contribution in [1.29, 1.82) is 0 Å². The van der Waals surface area contributed by atoms with E-state index in [0.29, 0.717) is 4.60 Å². The quantitative estimate of drug-likeness (QED) is 0.719. The molecule has 1 aromatic heterocycles. The molecule has 0 saturated heterocycles. The highest BCUT2D eigenvalue weighted by molar-refractivity contribution is 9.13. The average Bonchev–Trinajstić information content (AvgIpc) is 1.80. The minimum atomic E-state index is 0.0186. The van der Waals surface area contributed by atoms with Crippen LogP contribution in [-0.4, -0.2) is 10.1 Å². The minimum absolute atomic E-state index is 0.0186. The number of nitrogens with zero attached hydrogens (tertiary/aromatic N) is 1. The monoisotopic (exact) mass is 251 g/mol. The predicted octanol–water partition coefficient (Wildman–Crippen LogP) is 2.31. The van der Waals surface area contributed by atoms with Crippen LogP contribution in [0.5, 0.6) is 5.88 Å². The van der Waals surface area contributed by atoms with Crippen molar-refractivity contribution in [2.24, 2.45) is 0 Å². The number of hydrogen-bond donors (Lipinski definition) is 1. The van der Waals surface area contributed by atoms with Gasteiger partial charge in [0.1, 0.15) is 4.60 Å². The largest absolute Gasteiger partial charge is 0.493 e. The van der Waals surface area contributed by atoms with Gasteiger partial charge in [0.25, 0.3) is 0 Å². The normalized spacial score (nSPS) is 9.56. The Kier molecular flexibility index (Phi) is 2.08. The standard InChI is InChI=1S/C5H3Br2NO/c6-3-1-2-4(9)8-5(3)7/h1-2H,(H,8,9). The molecule has 1 rings (SSSR count). The zero-order chi connectivity index (χ0) is 6.85. The van der Waals surface area contributed by atoms with Crippen molar-refractivity contribution in [2.75, 3.05) is 0 Å². The van der Waals surface area contributed by atoms with Crippen molar-refractivity contribution in [3.05, 3.63) is 21.2 Å². The van der Waals surface area contributed by atoms with Crippen LogP contribution in [0.4, 0.5) is 0 Å². The summed E-state index contributed by atoms with van der Waals surface area (Å²) in [5.74, 6) is 0.0186. The summed E-state index contributed by atoms with van der Waals surface area (Å²) in [7, 11) is 0. The first-order chi connectivity index (χ1) is 4.20. The molecule has 0 amide bonds. The molecule has 0 spiro atoms. The third-order valence-corrected chi connectivity index (χ3v) is 2.56. The van der Waals surface area contributed by atoms with Gasteiger partial charge in [0.05, 0.1) is 4.47 Å². The van der Waals surface area contributed by atoms with E-state index in [9.17, 15) is 0 Å². The van der Waals surface area contributed by atoms with Crippen LogP contribution in [0.25, 0.3) is 0 Å². The van der Waals surface area contributed by atoms with Crippen molar-refractivity contribution < 1.29 is 5.11 Å². The summed E-state index contributed by atoms with van der Waals surface area (Å²) in [5.41, 5.74) is 0. The summed E-state index contributed by atoms with van der Waals surface area (Å²) in [5, 5.41) is 8.78. The van der Waals surface area contributed by atoms with Crippen LogP contribution in [0, 0.1) is 0 Å². The van der Waals surface area contributed by atoms with Crippen molar-refractivity contribution >= 4 is 31.9 Å². The molecule has 1 heterocycles. The van der Waals surface area contributed by atoms with Crippen LogP contribution in [0.2, 0.25) is 0 Å². The number of aromatic nitrogens is 1. The van der Waals surface area contributed by atoms with E-state index in [1.54, 1.807) is 6.07 Å². The van der Waals surface area contributed by atoms with Gasteiger partial charge < -0.3 is 5.11 Å². The molecule has 4 heteroatoms. The number of halogens is 2. The lowest BCUT2D eigenvalue weighted by Crippen LogP contribution is -1.75. The minimum Gasteiger partial charge on any atom is -0.493 e. The van der Waals surface area contributed by atoms with Gasteiger partial charge in [0.2, 0.25) is 5.88 Å². The third kappa shape index (κ3) is 1.66. The second kappa shape index (κ2) is 2.66. The van der Waals surface area contributed by atoms with E-state index in [0.717, 1.165) is 4.47 Å². The fourth-order valence-corrected chi connectivity index (χ4v) is 0.942. The molecule has 0 unspecified atom stereocenters. The lowest BCUT2D eigenvalue weighted by Gasteiger charge is -1.93. The average molecular weight is 253 g/mol. The molecule has 0 saturated carbocycles. The molecule has 0 fully saturated rings. The molecule has 1 aromatic rings. The third-order valence-electron chi connectivity index (χ3n) is 0.789. The lowest BCUT2D eigenvalue weighted by atomic mass is 10.5. The molecule has 2 nitrogen and oxygen atoms in total. The first kappa shape index (κ1) is 7.02. The molecule has 9 heavy (non-hydrogen) atoms. The maximum atomic E-state index is 8.78. The maximum Gasteiger partial charge on any atom is 0.211 e. The van der Waals surface area contributed by atoms with Gasteiger partial charge in [-0.2, -0.15) is 0 Å². The second-order valence-corrected chi connectivity index (χ2v) is 3.05. The van der Waals surface area contributed by atoms with Gasteiger partial charge in [-0.3, -0.25) is 0 Å². The SMILES string of the molecule is Oc1ccc(Br)c(Br)n1. The first-order valence-corrected chi connectivity index (χ1v) is 3.80. The second-order valence-electron chi connectivity index (χ2n) is 1.44. The number of rotatable bonds is 0. The lowest BCUT2D eigenvalue weighted by molar-refractivity contribution is 0.452. The summed E-state index contributed by atoms with van der Waals surface area (Å²) >= 11 is 6.34. The first-order valence-electron chi connectivity index (χ1n) is 2.21. The summed E-state index contributed by atoms with van der Waals surface area (Å²) in [6.45, 7) is 0. The molecular formula is C5H3Br2NO. The number of hydrogen-bond acceptors (Lipinski definition) is 2. The van der Waals surface area contributed by atoms with Crippen LogP contribution >= 0.6 is 31.9 Å². The van der Waals surface area contributed by atoms with Crippen LogP contribution < -0.4 is 0 Å². The summed E-state index contributed by atoms with van der Waals surface area (Å²) in [6, 6.07) is 3.22. The van der Waals surface area contributed by atoms with Gasteiger partial charge in [-0.25, -0.2) is 4.98 Å². The molecule has 48 valence electrons. The number of aromatic hydroxyl groups is 1. The number of pyridine rings is 1. The van der Waals surface area contributed by atoms with E-state index in [1.165, 1.54) is 6.07 Å². The summed E-state index contributed by atoms with van der Waals surface area (Å²) < 4.78 is 1.45. The molecule has 0 aliphatic carbocycles. The topological polar surface area (TPSA) is 33.1 Å². The Bertz CT molecular complexity index is 226. The van der Waals surface area contributed by atoms with E-state index < -0.39 is 0 Å². The summed E-state index contributed by atoms with van der Waals surface area (Å²) in [4.78, 5) is 3.70. The molecule has 0 aliphatic rings. The molecule has 0 bridgehead atoms. The smallest absolute Gasteiger partial charge is 0.211 e. The van der Waals surface area contributed by atoms with E-state index in [2.05, 4.69) is 36.8 Å². The van der Waals surface area contributed by atoms with E-state index >= 15 is 0 Å². The zero-order valence-corrected chi connectivity index (χ0v) is 7.48. The van der Waals surface area contributed by atoms with Gasteiger partial charge in [0.15, 0.2) is 0 Å². The fourth-order valence-electron chi connectivity index (χ4n) is 0.408. The van der Waals surface area contributed by atoms with Crippen molar-refractivity contribution in [3.8, 4) is 5.88 Å². The summed E-state index contributed by atoms with van der Waals surface area (Å²) in [6.07, 6.45) is 0. The van der Waals surface area contributed by atoms with Crippen LogP contribution in [0.3, 0.4) is 0 Å².